The van der Waals surface area contributed by atoms with E-state index in [0.717, 1.165) is 0 Å². The van der Waals surface area contributed by atoms with Gasteiger partial charge in [0.2, 0.25) is 0 Å². The molecule has 3 rings (SSSR count). The molecule has 0 aliphatic heterocycles. The van der Waals surface area contributed by atoms with Crippen LogP contribution in [0.5, 0.6) is 0 Å². The van der Waals surface area contributed by atoms with Crippen molar-refractivity contribution in [2.24, 2.45) is 7.05 Å². The van der Waals surface area contributed by atoms with Crippen molar-refractivity contribution in [1.82, 2.24) is 9.29 Å². The van der Waals surface area contributed by atoms with E-state index >= 15 is 0 Å². The molecule has 1 atom stereocenters. The summed E-state index contributed by atoms with van der Waals surface area (Å²) in [5.74, 6) is -0.965. The molecule has 2 aromatic carbocycles. The van der Waals surface area contributed by atoms with Gasteiger partial charge in [-0.1, -0.05) is 24.1 Å². The predicted octanol–water partition coefficient (Wildman–Crippen LogP) is 5.84. The molecule has 0 aliphatic carbocycles. The van der Waals surface area contributed by atoms with Gasteiger partial charge in [-0.2, -0.15) is 0 Å². The van der Waals surface area contributed by atoms with E-state index in [0.29, 0.717) is 33.4 Å². The maximum Gasteiger partial charge on any atom is 0.250 e. The summed E-state index contributed by atoms with van der Waals surface area (Å²) >= 11 is 1.53. The van der Waals surface area contributed by atoms with Crippen molar-refractivity contribution in [3.8, 4) is 11.1 Å². The summed E-state index contributed by atoms with van der Waals surface area (Å²) in [4.78, 5) is 26.3. The summed E-state index contributed by atoms with van der Waals surface area (Å²) in [6, 6.07) is 11.5. The quantitative estimate of drug-likeness (QED) is 0.262. The lowest BCUT2D eigenvalue weighted by Crippen LogP contribution is -2.24. The van der Waals surface area contributed by atoms with Gasteiger partial charge in [-0.05, 0) is 88.6 Å². The molecular weight excluding hydrogens is 523 g/mol. The lowest BCUT2D eigenvalue weighted by molar-refractivity contribution is 0.103. The SMILES string of the molecule is CC(C)S(=O)(=O)Cc1ccc(C(=O)c2ccc(F)cc2)c(-c2cn(C)c(=O)cc2[C@H](C)NSC(C)(C)C)c1. The Kier molecular flexibility index (Phi) is 9.06. The number of sulfone groups is 1. The third-order valence-corrected chi connectivity index (χ3v) is 9.34. The number of rotatable bonds is 9. The maximum atomic E-state index is 13.6. The Labute approximate surface area is 228 Å². The molecule has 0 bridgehead atoms. The highest BCUT2D eigenvalue weighted by Crippen LogP contribution is 2.34. The second kappa shape index (κ2) is 11.6. The van der Waals surface area contributed by atoms with Crippen LogP contribution in [0.25, 0.3) is 11.1 Å². The number of halogens is 1. The van der Waals surface area contributed by atoms with Crippen LogP contribution in [-0.4, -0.2) is 28.8 Å². The Bertz CT molecular complexity index is 1490. The molecular formula is C29H35FN2O4S2. The first-order valence-electron chi connectivity index (χ1n) is 12.4. The number of nitrogens with one attached hydrogen (secondary N) is 1. The third-order valence-electron chi connectivity index (χ3n) is 6.08. The summed E-state index contributed by atoms with van der Waals surface area (Å²) in [6.45, 7) is 11.4. The van der Waals surface area contributed by atoms with Crippen molar-refractivity contribution < 1.29 is 17.6 Å². The van der Waals surface area contributed by atoms with Gasteiger partial charge < -0.3 is 4.57 Å². The van der Waals surface area contributed by atoms with Crippen LogP contribution in [0.15, 0.2) is 59.5 Å². The standard InChI is InChI=1S/C29H35FN2O4S2/c1-18(2)38(35,36)17-20-8-13-23(28(34)21-9-11-22(30)12-10-21)25(14-20)26-16-32(7)27(33)15-24(26)19(3)31-37-29(4,5)6/h8-16,18-19,31H,17H2,1-7H3/t19-/m0/s1. The zero-order valence-electron chi connectivity index (χ0n) is 22.8. The number of hydrogen-bond acceptors (Lipinski definition) is 6. The molecule has 0 saturated heterocycles. The highest BCUT2D eigenvalue weighted by molar-refractivity contribution is 7.98. The number of ketones is 1. The number of carbonyl (C=O) groups excluding carboxylic acids is 1. The lowest BCUT2D eigenvalue weighted by atomic mass is 9.89. The number of aryl methyl sites for hydroxylation is 1. The van der Waals surface area contributed by atoms with Gasteiger partial charge in [0, 0.05) is 46.8 Å². The molecule has 9 heteroatoms. The monoisotopic (exact) mass is 558 g/mol. The molecule has 6 nitrogen and oxygen atoms in total. The number of aromatic nitrogens is 1. The molecule has 0 spiro atoms. The molecule has 204 valence electrons. The minimum absolute atomic E-state index is 0.0804. The number of hydrogen-bond donors (Lipinski definition) is 1. The highest BCUT2D eigenvalue weighted by atomic mass is 32.2. The molecule has 0 aliphatic rings. The van der Waals surface area contributed by atoms with Gasteiger partial charge in [0.25, 0.3) is 5.56 Å². The van der Waals surface area contributed by atoms with Gasteiger partial charge in [-0.3, -0.25) is 14.3 Å². The second-order valence-corrected chi connectivity index (χ2v) is 14.9. The number of pyridine rings is 1. The number of benzene rings is 2. The van der Waals surface area contributed by atoms with Crippen LogP contribution in [0.1, 0.15) is 74.6 Å². The predicted molar refractivity (Wildman–Crippen MR) is 154 cm³/mol. The zero-order valence-corrected chi connectivity index (χ0v) is 24.5. The summed E-state index contributed by atoms with van der Waals surface area (Å²) in [5.41, 5.74) is 2.79. The molecule has 0 unspecified atom stereocenters. The van der Waals surface area contributed by atoms with Crippen molar-refractivity contribution in [2.75, 3.05) is 0 Å². The van der Waals surface area contributed by atoms with Crippen LogP contribution in [-0.2, 0) is 22.6 Å². The van der Waals surface area contributed by atoms with Crippen molar-refractivity contribution in [1.29, 1.82) is 0 Å². The fourth-order valence-corrected chi connectivity index (χ4v) is 5.45. The van der Waals surface area contributed by atoms with Crippen molar-refractivity contribution >= 4 is 27.6 Å². The van der Waals surface area contributed by atoms with Crippen LogP contribution >= 0.6 is 11.9 Å². The van der Waals surface area contributed by atoms with Crippen LogP contribution < -0.4 is 10.3 Å². The Morgan fingerprint density at radius 1 is 1.03 bits per heavy atom. The zero-order chi connectivity index (χ0) is 28.4. The second-order valence-electron chi connectivity index (χ2n) is 10.7. The third kappa shape index (κ3) is 7.21. The largest absolute Gasteiger partial charge is 0.318 e. The average Bonchev–Trinajstić information content (AvgIpc) is 2.83. The lowest BCUT2D eigenvalue weighted by Gasteiger charge is -2.24. The van der Waals surface area contributed by atoms with E-state index in [-0.39, 0.29) is 27.9 Å². The average molecular weight is 559 g/mol. The van der Waals surface area contributed by atoms with Crippen molar-refractivity contribution in [2.45, 2.75) is 63.3 Å². The first-order valence-corrected chi connectivity index (χ1v) is 14.9. The molecule has 0 fully saturated rings. The van der Waals surface area contributed by atoms with E-state index in [4.69, 9.17) is 0 Å². The molecule has 0 saturated carbocycles. The number of carbonyl (C=O) groups is 1. The minimum Gasteiger partial charge on any atom is -0.318 e. The smallest absolute Gasteiger partial charge is 0.250 e. The van der Waals surface area contributed by atoms with E-state index in [2.05, 4.69) is 25.5 Å². The van der Waals surface area contributed by atoms with Gasteiger partial charge in [0.05, 0.1) is 11.0 Å². The maximum absolute atomic E-state index is 13.6. The Morgan fingerprint density at radius 2 is 1.66 bits per heavy atom. The fraction of sp³-hybridized carbons (Fsp3) is 0.379. The van der Waals surface area contributed by atoms with Gasteiger partial charge in [-0.25, -0.2) is 12.8 Å². The van der Waals surface area contributed by atoms with Crippen molar-refractivity contribution in [3.63, 3.8) is 0 Å². The first kappa shape index (κ1) is 29.8. The van der Waals surface area contributed by atoms with Gasteiger partial charge >= 0.3 is 0 Å². The fourth-order valence-electron chi connectivity index (χ4n) is 3.81. The van der Waals surface area contributed by atoms with E-state index < -0.39 is 20.9 Å². The molecule has 1 N–H and O–H groups in total. The van der Waals surface area contributed by atoms with E-state index in [1.54, 1.807) is 51.4 Å². The van der Waals surface area contributed by atoms with E-state index in [1.165, 1.54) is 40.8 Å². The molecule has 0 radical (unpaired) electrons. The summed E-state index contributed by atoms with van der Waals surface area (Å²) in [5, 5.41) is -0.557. The Hall–Kier alpha value is -2.75. The van der Waals surface area contributed by atoms with Gasteiger partial charge in [0.1, 0.15) is 5.82 Å². The summed E-state index contributed by atoms with van der Waals surface area (Å²) in [7, 11) is -1.77. The number of nitrogens with zero attached hydrogens (tertiary/aromatic N) is 1. The molecule has 38 heavy (non-hydrogen) atoms. The van der Waals surface area contributed by atoms with Crippen LogP contribution in [0.2, 0.25) is 0 Å². The van der Waals surface area contributed by atoms with Gasteiger partial charge in [0.15, 0.2) is 15.6 Å². The van der Waals surface area contributed by atoms with Crippen molar-refractivity contribution in [3.05, 3.63) is 93.2 Å². The Balaban J connectivity index is 2.25. The molecule has 1 heterocycles. The Morgan fingerprint density at radius 3 is 2.24 bits per heavy atom. The molecule has 1 aromatic heterocycles. The summed E-state index contributed by atoms with van der Waals surface area (Å²) < 4.78 is 43.7. The molecule has 3 aromatic rings. The van der Waals surface area contributed by atoms with E-state index in [1.807, 2.05) is 6.92 Å². The highest BCUT2D eigenvalue weighted by Gasteiger charge is 2.24. The van der Waals surface area contributed by atoms with Crippen LogP contribution in [0.3, 0.4) is 0 Å². The normalized spacial score (nSPS) is 13.1. The van der Waals surface area contributed by atoms with Crippen LogP contribution in [0.4, 0.5) is 4.39 Å². The molecule has 0 amide bonds. The van der Waals surface area contributed by atoms with Crippen LogP contribution in [0, 0.1) is 5.82 Å². The minimum atomic E-state index is -3.40. The first-order chi connectivity index (χ1) is 17.6. The van der Waals surface area contributed by atoms with E-state index in [9.17, 15) is 22.4 Å². The topological polar surface area (TPSA) is 85.2 Å². The summed E-state index contributed by atoms with van der Waals surface area (Å²) in [6.07, 6.45) is 1.68. The van der Waals surface area contributed by atoms with Gasteiger partial charge in [-0.15, -0.1) is 0 Å².